The van der Waals surface area contributed by atoms with Gasteiger partial charge in [0, 0.05) is 10.7 Å². The van der Waals surface area contributed by atoms with Gasteiger partial charge in [0.1, 0.15) is 0 Å². The van der Waals surface area contributed by atoms with Crippen molar-refractivity contribution in [2.75, 3.05) is 5.75 Å². The summed E-state index contributed by atoms with van der Waals surface area (Å²) in [5, 5.41) is 0. The molecule has 4 saturated carbocycles. The Morgan fingerprint density at radius 3 is 2.00 bits per heavy atom. The summed E-state index contributed by atoms with van der Waals surface area (Å²) in [6.07, 6.45) is 13.3. The molecule has 0 radical (unpaired) electrons. The van der Waals surface area contributed by atoms with Crippen LogP contribution in [0, 0.1) is 23.2 Å². The van der Waals surface area contributed by atoms with Crippen LogP contribution in [0.1, 0.15) is 44.9 Å². The van der Waals surface area contributed by atoms with E-state index in [2.05, 4.69) is 12.2 Å². The second-order valence-corrected chi connectivity index (χ2v) is 9.61. The average molecular weight is 289 g/mol. The van der Waals surface area contributed by atoms with Crippen LogP contribution >= 0.6 is 10.7 Å². The van der Waals surface area contributed by atoms with Crippen LogP contribution in [0.5, 0.6) is 0 Å². The SMILES string of the molecule is O=S(=O)(Cl)CC/C=C/C12CC3CC(CC(C3)C1)C2. The van der Waals surface area contributed by atoms with Crippen LogP contribution in [-0.4, -0.2) is 14.2 Å². The molecule has 0 aromatic rings. The maximum absolute atomic E-state index is 10.9. The average Bonchev–Trinajstić information content (AvgIpc) is 2.21. The minimum Gasteiger partial charge on any atom is -0.212 e. The number of halogens is 1. The Morgan fingerprint density at radius 1 is 1.06 bits per heavy atom. The molecule has 2 nitrogen and oxygen atoms in total. The van der Waals surface area contributed by atoms with E-state index < -0.39 is 9.05 Å². The molecule has 0 spiro atoms. The molecule has 0 aromatic carbocycles. The Morgan fingerprint density at radius 2 is 1.56 bits per heavy atom. The smallest absolute Gasteiger partial charge is 0.212 e. The Balaban J connectivity index is 1.63. The van der Waals surface area contributed by atoms with E-state index in [0.717, 1.165) is 17.8 Å². The Hall–Kier alpha value is -0.0200. The molecule has 0 aliphatic heterocycles. The standard InChI is InChI=1S/C14H21ClO2S/c15-18(16,17)4-2-1-3-14-8-11-5-12(9-14)7-13(6-11)10-14/h1,3,11-13H,2,4-10H2/b3-1+. The van der Waals surface area contributed by atoms with Gasteiger partial charge in [0.25, 0.3) is 0 Å². The van der Waals surface area contributed by atoms with E-state index in [9.17, 15) is 8.42 Å². The van der Waals surface area contributed by atoms with Gasteiger partial charge in [-0.15, -0.1) is 0 Å². The summed E-state index contributed by atoms with van der Waals surface area (Å²) in [6.45, 7) is 0. The van der Waals surface area contributed by atoms with Gasteiger partial charge in [-0.05, 0) is 68.1 Å². The molecule has 4 aliphatic carbocycles. The van der Waals surface area contributed by atoms with E-state index in [1.54, 1.807) is 0 Å². The summed E-state index contributed by atoms with van der Waals surface area (Å²) in [6, 6.07) is 0. The summed E-state index contributed by atoms with van der Waals surface area (Å²) in [5.74, 6) is 2.89. The van der Waals surface area contributed by atoms with Crippen molar-refractivity contribution in [1.29, 1.82) is 0 Å². The van der Waals surface area contributed by atoms with Gasteiger partial charge in [0.05, 0.1) is 5.75 Å². The van der Waals surface area contributed by atoms with Crippen molar-refractivity contribution >= 4 is 19.7 Å². The maximum atomic E-state index is 10.9. The van der Waals surface area contributed by atoms with Crippen LogP contribution < -0.4 is 0 Å². The fourth-order valence-electron chi connectivity index (χ4n) is 4.92. The minimum atomic E-state index is -3.33. The molecule has 0 N–H and O–H groups in total. The van der Waals surface area contributed by atoms with Crippen molar-refractivity contribution in [3.05, 3.63) is 12.2 Å². The summed E-state index contributed by atoms with van der Waals surface area (Å²) in [4.78, 5) is 0. The molecule has 0 unspecified atom stereocenters. The van der Waals surface area contributed by atoms with Crippen LogP contribution in [0.2, 0.25) is 0 Å². The van der Waals surface area contributed by atoms with E-state index >= 15 is 0 Å². The van der Waals surface area contributed by atoms with Crippen LogP contribution in [0.15, 0.2) is 12.2 Å². The molecular weight excluding hydrogens is 268 g/mol. The van der Waals surface area contributed by atoms with Crippen molar-refractivity contribution in [3.63, 3.8) is 0 Å². The van der Waals surface area contributed by atoms with Crippen LogP contribution in [0.4, 0.5) is 0 Å². The highest BCUT2D eigenvalue weighted by Gasteiger charge is 2.49. The third-order valence-corrected chi connectivity index (χ3v) is 6.27. The first-order valence-corrected chi connectivity index (χ1v) is 9.52. The number of rotatable bonds is 4. The van der Waals surface area contributed by atoms with Crippen LogP contribution in [0.3, 0.4) is 0 Å². The monoisotopic (exact) mass is 288 g/mol. The van der Waals surface area contributed by atoms with Crippen molar-refractivity contribution < 1.29 is 8.42 Å². The zero-order chi connectivity index (χ0) is 12.8. The summed E-state index contributed by atoms with van der Waals surface area (Å²) >= 11 is 0. The lowest BCUT2D eigenvalue weighted by Gasteiger charge is -2.56. The molecule has 0 amide bonds. The number of allylic oxidation sites excluding steroid dienone is 2. The summed E-state index contributed by atoms with van der Waals surface area (Å²) in [5.41, 5.74) is 0.408. The molecule has 4 rings (SSSR count). The van der Waals surface area contributed by atoms with E-state index in [1.165, 1.54) is 38.5 Å². The predicted molar refractivity (Wildman–Crippen MR) is 74.0 cm³/mol. The lowest BCUT2D eigenvalue weighted by Crippen LogP contribution is -2.44. The molecule has 4 fully saturated rings. The van der Waals surface area contributed by atoms with Gasteiger partial charge in [-0.25, -0.2) is 8.42 Å². The zero-order valence-electron chi connectivity index (χ0n) is 10.6. The molecule has 0 heterocycles. The van der Waals surface area contributed by atoms with Gasteiger partial charge in [-0.1, -0.05) is 12.2 Å². The molecule has 18 heavy (non-hydrogen) atoms. The lowest BCUT2D eigenvalue weighted by molar-refractivity contribution is -0.0238. The van der Waals surface area contributed by atoms with Crippen LogP contribution in [0.25, 0.3) is 0 Å². The second kappa shape index (κ2) is 4.52. The lowest BCUT2D eigenvalue weighted by atomic mass is 9.49. The molecule has 0 saturated heterocycles. The molecule has 4 bridgehead atoms. The topological polar surface area (TPSA) is 34.1 Å². The first kappa shape index (κ1) is 13.0. The predicted octanol–water partition coefficient (Wildman–Crippen LogP) is 3.72. The fourth-order valence-corrected chi connectivity index (χ4v) is 5.61. The van der Waals surface area contributed by atoms with Gasteiger partial charge in [0.2, 0.25) is 9.05 Å². The van der Waals surface area contributed by atoms with Gasteiger partial charge >= 0.3 is 0 Å². The highest BCUT2D eigenvalue weighted by atomic mass is 35.7. The van der Waals surface area contributed by atoms with Crippen LogP contribution in [-0.2, 0) is 9.05 Å². The molecule has 4 aliphatic rings. The second-order valence-electron chi connectivity index (χ2n) is 6.71. The highest BCUT2D eigenvalue weighted by Crippen LogP contribution is 2.60. The molecule has 0 aromatic heterocycles. The van der Waals surface area contributed by atoms with E-state index in [-0.39, 0.29) is 5.75 Å². The third kappa shape index (κ3) is 2.77. The van der Waals surface area contributed by atoms with Crippen molar-refractivity contribution in [2.45, 2.75) is 44.9 Å². The van der Waals surface area contributed by atoms with Gasteiger partial charge in [-0.2, -0.15) is 0 Å². The van der Waals surface area contributed by atoms with E-state index in [4.69, 9.17) is 10.7 Å². The summed E-state index contributed by atoms with van der Waals surface area (Å²) in [7, 11) is 1.89. The highest BCUT2D eigenvalue weighted by molar-refractivity contribution is 8.13. The minimum absolute atomic E-state index is 0.0669. The van der Waals surface area contributed by atoms with Crippen molar-refractivity contribution in [3.8, 4) is 0 Å². The molecule has 4 heteroatoms. The Kier molecular flexibility index (Phi) is 3.26. The van der Waals surface area contributed by atoms with E-state index in [0.29, 0.717) is 11.8 Å². The first-order valence-electron chi connectivity index (χ1n) is 7.04. The Bertz CT molecular complexity index is 417. The van der Waals surface area contributed by atoms with Gasteiger partial charge in [0.15, 0.2) is 0 Å². The Labute approximate surface area is 114 Å². The number of hydrogen-bond donors (Lipinski definition) is 0. The van der Waals surface area contributed by atoms with E-state index in [1.807, 2.05) is 0 Å². The van der Waals surface area contributed by atoms with Crippen molar-refractivity contribution in [2.24, 2.45) is 23.2 Å². The zero-order valence-corrected chi connectivity index (χ0v) is 12.2. The molecular formula is C14H21ClO2S. The quantitative estimate of drug-likeness (QED) is 0.584. The van der Waals surface area contributed by atoms with Gasteiger partial charge < -0.3 is 0 Å². The molecule has 0 atom stereocenters. The maximum Gasteiger partial charge on any atom is 0.232 e. The first-order chi connectivity index (χ1) is 8.44. The number of hydrogen-bond acceptors (Lipinski definition) is 2. The van der Waals surface area contributed by atoms with Crippen molar-refractivity contribution in [1.82, 2.24) is 0 Å². The third-order valence-electron chi connectivity index (χ3n) is 5.09. The molecule has 102 valence electrons. The largest absolute Gasteiger partial charge is 0.232 e. The van der Waals surface area contributed by atoms with Gasteiger partial charge in [-0.3, -0.25) is 0 Å². The summed E-state index contributed by atoms with van der Waals surface area (Å²) < 4.78 is 21.8. The normalized spacial score (nSPS) is 42.8. The fraction of sp³-hybridized carbons (Fsp3) is 0.857.